The van der Waals surface area contributed by atoms with Gasteiger partial charge < -0.3 is 4.57 Å². The molecule has 0 saturated carbocycles. The molecule has 0 atom stereocenters. The smallest absolute Gasteiger partial charge is 0.150 e. The molecule has 0 spiro atoms. The molecular formula is C18H15NO. The molecule has 20 heavy (non-hydrogen) atoms. The van der Waals surface area contributed by atoms with E-state index in [1.807, 2.05) is 18.2 Å². The highest BCUT2D eigenvalue weighted by molar-refractivity contribution is 5.92. The van der Waals surface area contributed by atoms with Gasteiger partial charge in [-0.2, -0.15) is 0 Å². The van der Waals surface area contributed by atoms with Crippen LogP contribution in [0.15, 0.2) is 48.5 Å². The van der Waals surface area contributed by atoms with Crippen LogP contribution in [0.5, 0.6) is 0 Å². The van der Waals surface area contributed by atoms with Gasteiger partial charge >= 0.3 is 0 Å². The van der Waals surface area contributed by atoms with Gasteiger partial charge in [-0.1, -0.05) is 18.2 Å². The molecule has 1 aromatic heterocycles. The van der Waals surface area contributed by atoms with Crippen molar-refractivity contribution in [3.63, 3.8) is 0 Å². The summed E-state index contributed by atoms with van der Waals surface area (Å²) in [5.74, 6) is 0. The lowest BCUT2D eigenvalue weighted by Gasteiger charge is -2.09. The highest BCUT2D eigenvalue weighted by Crippen LogP contribution is 2.35. The van der Waals surface area contributed by atoms with Crippen molar-refractivity contribution < 1.29 is 4.79 Å². The van der Waals surface area contributed by atoms with Crippen molar-refractivity contribution in [2.45, 2.75) is 19.3 Å². The highest BCUT2D eigenvalue weighted by atomic mass is 16.1. The van der Waals surface area contributed by atoms with Crippen LogP contribution in [-0.4, -0.2) is 10.9 Å². The first-order valence-corrected chi connectivity index (χ1v) is 7.05. The number of rotatable bonds is 2. The molecule has 3 aromatic rings. The first-order chi connectivity index (χ1) is 9.88. The maximum Gasteiger partial charge on any atom is 0.150 e. The third kappa shape index (κ3) is 1.54. The number of hydrogen-bond donors (Lipinski definition) is 0. The second kappa shape index (κ2) is 4.34. The summed E-state index contributed by atoms with van der Waals surface area (Å²) in [5, 5.41) is 1.24. The lowest BCUT2D eigenvalue weighted by atomic mass is 10.1. The van der Waals surface area contributed by atoms with Crippen molar-refractivity contribution >= 4 is 17.2 Å². The zero-order valence-corrected chi connectivity index (χ0v) is 11.2. The fraction of sp³-hybridized carbons (Fsp3) is 0.167. The Bertz CT molecular complexity index is 799. The van der Waals surface area contributed by atoms with E-state index in [2.05, 4.69) is 34.9 Å². The average molecular weight is 261 g/mol. The first kappa shape index (κ1) is 11.5. The van der Waals surface area contributed by atoms with Gasteiger partial charge in [-0.3, -0.25) is 4.79 Å². The number of benzene rings is 2. The number of aromatic nitrogens is 1. The van der Waals surface area contributed by atoms with Crippen molar-refractivity contribution in [2.75, 3.05) is 0 Å². The molecule has 4 rings (SSSR count). The Hall–Kier alpha value is -2.35. The minimum Gasteiger partial charge on any atom is -0.313 e. The van der Waals surface area contributed by atoms with E-state index in [0.29, 0.717) is 0 Å². The number of hydrogen-bond acceptors (Lipinski definition) is 1. The van der Waals surface area contributed by atoms with Crippen LogP contribution in [0.4, 0.5) is 0 Å². The van der Waals surface area contributed by atoms with Crippen LogP contribution in [0.3, 0.4) is 0 Å². The van der Waals surface area contributed by atoms with E-state index in [9.17, 15) is 4.79 Å². The van der Waals surface area contributed by atoms with Crippen molar-refractivity contribution in [3.8, 4) is 5.69 Å². The third-order valence-electron chi connectivity index (χ3n) is 4.20. The molecule has 2 nitrogen and oxygen atoms in total. The Morgan fingerprint density at radius 2 is 1.85 bits per heavy atom. The molecule has 1 aliphatic rings. The van der Waals surface area contributed by atoms with Gasteiger partial charge in [0.05, 0.1) is 5.52 Å². The molecular weight excluding hydrogens is 246 g/mol. The number of aldehydes is 1. The van der Waals surface area contributed by atoms with Gasteiger partial charge in [-0.15, -0.1) is 0 Å². The van der Waals surface area contributed by atoms with Crippen molar-refractivity contribution in [1.82, 2.24) is 4.57 Å². The fourth-order valence-electron chi connectivity index (χ4n) is 3.35. The fourth-order valence-corrected chi connectivity index (χ4v) is 3.35. The van der Waals surface area contributed by atoms with Crippen LogP contribution in [0.1, 0.15) is 28.0 Å². The monoisotopic (exact) mass is 261 g/mol. The predicted octanol–water partition coefficient (Wildman–Crippen LogP) is 3.93. The predicted molar refractivity (Wildman–Crippen MR) is 80.7 cm³/mol. The molecule has 0 saturated heterocycles. The molecule has 0 N–H and O–H groups in total. The molecule has 1 heterocycles. The summed E-state index contributed by atoms with van der Waals surface area (Å²) in [7, 11) is 0. The standard InChI is InChI=1S/C18H15NO/c20-12-13-9-10-18-16(11-13)15-7-4-8-17(15)19(18)14-5-2-1-3-6-14/h1-3,5-6,9-12H,4,7-8H2. The molecule has 98 valence electrons. The summed E-state index contributed by atoms with van der Waals surface area (Å²) in [6, 6.07) is 16.5. The summed E-state index contributed by atoms with van der Waals surface area (Å²) in [4.78, 5) is 11.0. The summed E-state index contributed by atoms with van der Waals surface area (Å²) >= 11 is 0. The number of carbonyl (C=O) groups excluding carboxylic acids is 1. The van der Waals surface area contributed by atoms with Crippen molar-refractivity contribution in [3.05, 3.63) is 65.4 Å². The summed E-state index contributed by atoms with van der Waals surface area (Å²) < 4.78 is 2.35. The van der Waals surface area contributed by atoms with Gasteiger partial charge in [-0.25, -0.2) is 0 Å². The van der Waals surface area contributed by atoms with Crippen LogP contribution in [0.2, 0.25) is 0 Å². The minimum absolute atomic E-state index is 0.761. The van der Waals surface area contributed by atoms with Gasteiger partial charge in [0, 0.05) is 22.3 Å². The van der Waals surface area contributed by atoms with E-state index < -0.39 is 0 Å². The Labute approximate surface area is 117 Å². The Morgan fingerprint density at radius 1 is 1.00 bits per heavy atom. The molecule has 0 fully saturated rings. The normalized spacial score (nSPS) is 13.6. The van der Waals surface area contributed by atoms with Crippen LogP contribution in [-0.2, 0) is 12.8 Å². The number of carbonyl (C=O) groups is 1. The average Bonchev–Trinajstić information content (AvgIpc) is 3.08. The molecule has 0 radical (unpaired) electrons. The maximum absolute atomic E-state index is 11.0. The quantitative estimate of drug-likeness (QED) is 0.641. The summed E-state index contributed by atoms with van der Waals surface area (Å²) in [5.41, 5.74) is 6.02. The highest BCUT2D eigenvalue weighted by Gasteiger charge is 2.22. The summed E-state index contributed by atoms with van der Waals surface area (Å²) in [6.45, 7) is 0. The number of para-hydroxylation sites is 1. The molecule has 0 aliphatic heterocycles. The maximum atomic E-state index is 11.0. The lowest BCUT2D eigenvalue weighted by Crippen LogP contribution is -1.98. The van der Waals surface area contributed by atoms with Gasteiger partial charge in [0.2, 0.25) is 0 Å². The Morgan fingerprint density at radius 3 is 2.65 bits per heavy atom. The van der Waals surface area contributed by atoms with Gasteiger partial charge in [0.15, 0.2) is 0 Å². The van der Waals surface area contributed by atoms with E-state index in [1.165, 1.54) is 34.3 Å². The second-order valence-corrected chi connectivity index (χ2v) is 5.34. The third-order valence-corrected chi connectivity index (χ3v) is 4.20. The molecule has 2 heteroatoms. The van der Waals surface area contributed by atoms with Crippen LogP contribution >= 0.6 is 0 Å². The molecule has 0 unspecified atom stereocenters. The summed E-state index contributed by atoms with van der Waals surface area (Å²) in [6.07, 6.45) is 4.38. The zero-order valence-electron chi connectivity index (χ0n) is 11.2. The van der Waals surface area contributed by atoms with Crippen LogP contribution in [0, 0.1) is 0 Å². The molecule has 0 bridgehead atoms. The van der Waals surface area contributed by atoms with E-state index in [4.69, 9.17) is 0 Å². The first-order valence-electron chi connectivity index (χ1n) is 7.05. The minimum atomic E-state index is 0.761. The van der Waals surface area contributed by atoms with E-state index in [0.717, 1.165) is 24.7 Å². The molecule has 2 aromatic carbocycles. The Balaban J connectivity index is 2.08. The number of aryl methyl sites for hydroxylation is 1. The number of fused-ring (bicyclic) bond motifs is 3. The van der Waals surface area contributed by atoms with Gasteiger partial charge in [0.1, 0.15) is 6.29 Å². The van der Waals surface area contributed by atoms with Crippen molar-refractivity contribution in [2.24, 2.45) is 0 Å². The molecule has 0 amide bonds. The largest absolute Gasteiger partial charge is 0.313 e. The zero-order chi connectivity index (χ0) is 13.5. The van der Waals surface area contributed by atoms with Gasteiger partial charge in [-0.05, 0) is 55.2 Å². The second-order valence-electron chi connectivity index (χ2n) is 5.34. The van der Waals surface area contributed by atoms with Gasteiger partial charge in [0.25, 0.3) is 0 Å². The van der Waals surface area contributed by atoms with E-state index in [1.54, 1.807) is 0 Å². The van der Waals surface area contributed by atoms with E-state index >= 15 is 0 Å². The van der Waals surface area contributed by atoms with Crippen molar-refractivity contribution in [1.29, 1.82) is 0 Å². The van der Waals surface area contributed by atoms with Crippen LogP contribution in [0.25, 0.3) is 16.6 Å². The Kier molecular flexibility index (Phi) is 2.49. The number of nitrogens with zero attached hydrogens (tertiary/aromatic N) is 1. The SMILES string of the molecule is O=Cc1ccc2c(c1)c1c(n2-c2ccccc2)CCC1. The van der Waals surface area contributed by atoms with E-state index in [-0.39, 0.29) is 0 Å². The molecule has 1 aliphatic carbocycles. The topological polar surface area (TPSA) is 22.0 Å². The lowest BCUT2D eigenvalue weighted by molar-refractivity contribution is 0.112. The van der Waals surface area contributed by atoms with Crippen LogP contribution < -0.4 is 0 Å².